The van der Waals surface area contributed by atoms with Gasteiger partial charge in [0.2, 0.25) is 0 Å². The molecule has 0 saturated carbocycles. The SMILES string of the molecule is c1ccc(N(CCCCN2CCOCC2)c2cccc(C3CCN(CCCCN(c4ccccc4)c4ccccc4)CC3)c2)cc1. The normalized spacial score (nSPS) is 16.3. The monoisotopic (exact) mass is 616 g/mol. The topological polar surface area (TPSA) is 22.2 Å². The van der Waals surface area contributed by atoms with Crippen LogP contribution < -0.4 is 9.80 Å². The number of piperidine rings is 1. The first kappa shape index (κ1) is 32.3. The molecular weight excluding hydrogens is 564 g/mol. The minimum absolute atomic E-state index is 0.641. The molecule has 2 saturated heterocycles. The zero-order valence-corrected chi connectivity index (χ0v) is 27.6. The molecule has 0 aliphatic carbocycles. The lowest BCUT2D eigenvalue weighted by Crippen LogP contribution is -2.37. The largest absolute Gasteiger partial charge is 0.379 e. The van der Waals surface area contributed by atoms with Gasteiger partial charge in [-0.1, -0.05) is 66.7 Å². The maximum absolute atomic E-state index is 5.53. The third-order valence-electron chi connectivity index (χ3n) is 9.76. The average Bonchev–Trinajstić information content (AvgIpc) is 3.13. The second-order valence-corrected chi connectivity index (χ2v) is 12.9. The Morgan fingerprint density at radius 2 is 0.957 bits per heavy atom. The van der Waals surface area contributed by atoms with Gasteiger partial charge >= 0.3 is 0 Å². The van der Waals surface area contributed by atoms with E-state index in [-0.39, 0.29) is 0 Å². The molecular formula is C41H52N4O. The van der Waals surface area contributed by atoms with Crippen LogP contribution in [0.2, 0.25) is 0 Å². The van der Waals surface area contributed by atoms with E-state index in [1.165, 1.54) is 93.0 Å². The quantitative estimate of drug-likeness (QED) is 0.124. The summed E-state index contributed by atoms with van der Waals surface area (Å²) in [6.45, 7) is 10.7. The fraction of sp³-hybridized carbons (Fsp3) is 0.415. The van der Waals surface area contributed by atoms with Gasteiger partial charge in [0, 0.05) is 48.9 Å². The molecule has 242 valence electrons. The van der Waals surface area contributed by atoms with Gasteiger partial charge in [0.1, 0.15) is 0 Å². The van der Waals surface area contributed by atoms with Crippen LogP contribution in [-0.4, -0.2) is 75.4 Å². The van der Waals surface area contributed by atoms with E-state index in [1.54, 1.807) is 0 Å². The molecule has 5 heteroatoms. The number of likely N-dealkylation sites (tertiary alicyclic amines) is 1. The Balaban J connectivity index is 0.992. The summed E-state index contributed by atoms with van der Waals surface area (Å²) in [6, 6.07) is 42.0. The third-order valence-corrected chi connectivity index (χ3v) is 9.76. The molecule has 0 amide bonds. The number of nitrogens with zero attached hydrogens (tertiary/aromatic N) is 4. The molecule has 0 atom stereocenters. The Morgan fingerprint density at radius 1 is 0.500 bits per heavy atom. The van der Waals surface area contributed by atoms with Gasteiger partial charge in [-0.2, -0.15) is 0 Å². The highest BCUT2D eigenvalue weighted by Crippen LogP contribution is 2.33. The molecule has 2 fully saturated rings. The number of unbranched alkanes of at least 4 members (excludes halogenated alkanes) is 2. The van der Waals surface area contributed by atoms with Crippen molar-refractivity contribution in [3.05, 3.63) is 121 Å². The average molecular weight is 617 g/mol. The molecule has 0 bridgehead atoms. The number of anilines is 4. The smallest absolute Gasteiger partial charge is 0.0594 e. The molecule has 5 nitrogen and oxygen atoms in total. The second-order valence-electron chi connectivity index (χ2n) is 12.9. The summed E-state index contributed by atoms with van der Waals surface area (Å²) >= 11 is 0. The molecule has 0 spiro atoms. The Morgan fingerprint density at radius 3 is 1.48 bits per heavy atom. The number of hydrogen-bond donors (Lipinski definition) is 0. The van der Waals surface area contributed by atoms with Crippen LogP contribution in [0.3, 0.4) is 0 Å². The van der Waals surface area contributed by atoms with Crippen LogP contribution in [-0.2, 0) is 4.74 Å². The van der Waals surface area contributed by atoms with E-state index in [0.29, 0.717) is 5.92 Å². The van der Waals surface area contributed by atoms with Crippen LogP contribution in [0.15, 0.2) is 115 Å². The Kier molecular flexibility index (Phi) is 12.2. The standard InChI is InChI=1S/C41H52N4O/c1-4-16-38(17-5-1)44(39-18-6-2-7-19-39)27-12-10-25-42-29-23-36(24-30-42)37-15-14-22-41(35-37)45(40-20-8-3-9-21-40)28-13-11-26-43-31-33-46-34-32-43/h1-9,14-22,35-36H,10-13,23-34H2. The van der Waals surface area contributed by atoms with E-state index in [0.717, 1.165) is 39.4 Å². The van der Waals surface area contributed by atoms with Crippen LogP contribution in [0.4, 0.5) is 22.7 Å². The molecule has 0 N–H and O–H groups in total. The summed E-state index contributed by atoms with van der Waals surface area (Å²) in [6.07, 6.45) is 7.31. The fourth-order valence-electron chi connectivity index (χ4n) is 7.11. The third kappa shape index (κ3) is 9.22. The summed E-state index contributed by atoms with van der Waals surface area (Å²) in [7, 11) is 0. The first-order chi connectivity index (χ1) is 22.8. The van der Waals surface area contributed by atoms with Crippen molar-refractivity contribution in [1.29, 1.82) is 0 Å². The molecule has 46 heavy (non-hydrogen) atoms. The van der Waals surface area contributed by atoms with Crippen molar-refractivity contribution in [2.45, 2.75) is 44.4 Å². The first-order valence-corrected chi connectivity index (χ1v) is 17.7. The van der Waals surface area contributed by atoms with Crippen LogP contribution in [0, 0.1) is 0 Å². The Labute approximate surface area is 277 Å². The summed E-state index contributed by atoms with van der Waals surface area (Å²) in [5, 5.41) is 0. The molecule has 2 heterocycles. The van der Waals surface area contributed by atoms with Crippen molar-refractivity contribution in [2.75, 3.05) is 75.4 Å². The van der Waals surface area contributed by atoms with E-state index in [2.05, 4.69) is 135 Å². The number of ether oxygens (including phenoxy) is 1. The number of para-hydroxylation sites is 3. The molecule has 2 aliphatic heterocycles. The van der Waals surface area contributed by atoms with E-state index in [1.807, 2.05) is 0 Å². The Bertz CT molecular complexity index is 1360. The van der Waals surface area contributed by atoms with Crippen molar-refractivity contribution in [1.82, 2.24) is 9.80 Å². The number of morpholine rings is 1. The number of hydrogen-bond acceptors (Lipinski definition) is 5. The molecule has 0 radical (unpaired) electrons. The fourth-order valence-corrected chi connectivity index (χ4v) is 7.11. The van der Waals surface area contributed by atoms with E-state index in [4.69, 9.17) is 4.74 Å². The zero-order valence-electron chi connectivity index (χ0n) is 27.6. The first-order valence-electron chi connectivity index (χ1n) is 17.7. The Hall–Kier alpha value is -3.64. The maximum atomic E-state index is 5.53. The highest BCUT2D eigenvalue weighted by atomic mass is 16.5. The molecule has 4 aromatic rings. The molecule has 4 aromatic carbocycles. The van der Waals surface area contributed by atoms with Gasteiger partial charge in [-0.15, -0.1) is 0 Å². The van der Waals surface area contributed by atoms with Gasteiger partial charge in [0.05, 0.1) is 13.2 Å². The van der Waals surface area contributed by atoms with Crippen molar-refractivity contribution in [3.8, 4) is 0 Å². The predicted octanol–water partition coefficient (Wildman–Crippen LogP) is 8.74. The summed E-state index contributed by atoms with van der Waals surface area (Å²) < 4.78 is 5.53. The van der Waals surface area contributed by atoms with Crippen molar-refractivity contribution in [2.24, 2.45) is 0 Å². The van der Waals surface area contributed by atoms with Crippen molar-refractivity contribution < 1.29 is 4.74 Å². The van der Waals surface area contributed by atoms with Gasteiger partial charge in [-0.25, -0.2) is 0 Å². The van der Waals surface area contributed by atoms with Gasteiger partial charge in [-0.3, -0.25) is 4.90 Å². The summed E-state index contributed by atoms with van der Waals surface area (Å²) in [4.78, 5) is 10.2. The minimum Gasteiger partial charge on any atom is -0.379 e. The van der Waals surface area contributed by atoms with Gasteiger partial charge in [0.15, 0.2) is 0 Å². The van der Waals surface area contributed by atoms with E-state index >= 15 is 0 Å². The second kappa shape index (κ2) is 17.3. The minimum atomic E-state index is 0.641. The van der Waals surface area contributed by atoms with E-state index < -0.39 is 0 Å². The predicted molar refractivity (Wildman–Crippen MR) is 194 cm³/mol. The van der Waals surface area contributed by atoms with Crippen molar-refractivity contribution in [3.63, 3.8) is 0 Å². The lowest BCUT2D eigenvalue weighted by atomic mass is 9.89. The van der Waals surface area contributed by atoms with Crippen LogP contribution in [0.25, 0.3) is 0 Å². The number of benzene rings is 4. The van der Waals surface area contributed by atoms with Crippen LogP contribution in [0.5, 0.6) is 0 Å². The van der Waals surface area contributed by atoms with Gasteiger partial charge in [0.25, 0.3) is 0 Å². The van der Waals surface area contributed by atoms with Crippen molar-refractivity contribution >= 4 is 22.7 Å². The lowest BCUT2D eigenvalue weighted by Gasteiger charge is -2.33. The maximum Gasteiger partial charge on any atom is 0.0594 e. The highest BCUT2D eigenvalue weighted by molar-refractivity contribution is 5.64. The molecule has 6 rings (SSSR count). The highest BCUT2D eigenvalue weighted by Gasteiger charge is 2.22. The zero-order chi connectivity index (χ0) is 31.2. The van der Waals surface area contributed by atoms with Crippen LogP contribution >= 0.6 is 0 Å². The lowest BCUT2D eigenvalue weighted by molar-refractivity contribution is 0.0373. The van der Waals surface area contributed by atoms with E-state index in [9.17, 15) is 0 Å². The van der Waals surface area contributed by atoms with Gasteiger partial charge in [-0.05, 0) is 125 Å². The molecule has 0 unspecified atom stereocenters. The van der Waals surface area contributed by atoms with Crippen LogP contribution in [0.1, 0.15) is 50.0 Å². The number of rotatable bonds is 15. The molecule has 0 aromatic heterocycles. The molecule has 2 aliphatic rings. The summed E-state index contributed by atoms with van der Waals surface area (Å²) in [5.74, 6) is 0.641. The van der Waals surface area contributed by atoms with Gasteiger partial charge < -0.3 is 19.4 Å². The summed E-state index contributed by atoms with van der Waals surface area (Å²) in [5.41, 5.74) is 6.68.